The molecule has 0 aliphatic heterocycles. The number of carbonyl (C=O) groups is 1. The molecule has 2 aromatic rings. The standard InChI is InChI=1S/C20H26N2O2/c1-4-22(5-2)18-11-9-17(10-12-18)14-21-20(23)15-24-19-8-6-7-16(3)13-19/h6-13H,4-5,14-15H2,1-3H3,(H,21,23). The molecule has 0 heterocycles. The highest BCUT2D eigenvalue weighted by Gasteiger charge is 2.05. The van der Waals surface area contributed by atoms with E-state index in [0.29, 0.717) is 12.3 Å². The summed E-state index contributed by atoms with van der Waals surface area (Å²) in [6.45, 7) is 8.80. The van der Waals surface area contributed by atoms with Crippen molar-refractivity contribution in [3.8, 4) is 5.75 Å². The zero-order chi connectivity index (χ0) is 17.4. The number of anilines is 1. The second-order valence-corrected chi connectivity index (χ2v) is 5.72. The van der Waals surface area contributed by atoms with E-state index in [4.69, 9.17) is 4.74 Å². The van der Waals surface area contributed by atoms with E-state index in [1.807, 2.05) is 31.2 Å². The van der Waals surface area contributed by atoms with Crippen LogP contribution in [0.1, 0.15) is 25.0 Å². The molecule has 4 nitrogen and oxygen atoms in total. The highest BCUT2D eigenvalue weighted by atomic mass is 16.5. The molecule has 24 heavy (non-hydrogen) atoms. The molecule has 0 radical (unpaired) electrons. The van der Waals surface area contributed by atoms with Crippen molar-refractivity contribution in [3.63, 3.8) is 0 Å². The minimum Gasteiger partial charge on any atom is -0.484 e. The second kappa shape index (κ2) is 8.96. The number of carbonyl (C=O) groups excluding carboxylic acids is 1. The molecule has 0 fully saturated rings. The maximum atomic E-state index is 11.9. The number of hydrogen-bond acceptors (Lipinski definition) is 3. The Morgan fingerprint density at radius 2 is 1.79 bits per heavy atom. The van der Waals surface area contributed by atoms with Crippen molar-refractivity contribution in [1.29, 1.82) is 0 Å². The molecule has 0 unspecified atom stereocenters. The van der Waals surface area contributed by atoms with Crippen LogP contribution in [0.3, 0.4) is 0 Å². The van der Waals surface area contributed by atoms with Gasteiger partial charge in [-0.2, -0.15) is 0 Å². The van der Waals surface area contributed by atoms with E-state index < -0.39 is 0 Å². The summed E-state index contributed by atoms with van der Waals surface area (Å²) in [5.74, 6) is 0.595. The minimum atomic E-state index is -0.121. The normalized spacial score (nSPS) is 10.3. The number of nitrogens with zero attached hydrogens (tertiary/aromatic N) is 1. The van der Waals surface area contributed by atoms with Gasteiger partial charge < -0.3 is 15.0 Å². The molecule has 0 atom stereocenters. The first-order valence-electron chi connectivity index (χ1n) is 8.42. The van der Waals surface area contributed by atoms with Gasteiger partial charge in [0, 0.05) is 25.3 Å². The first-order valence-corrected chi connectivity index (χ1v) is 8.42. The van der Waals surface area contributed by atoms with Crippen molar-refractivity contribution in [1.82, 2.24) is 5.32 Å². The summed E-state index contributed by atoms with van der Waals surface area (Å²) in [6, 6.07) is 16.0. The summed E-state index contributed by atoms with van der Waals surface area (Å²) in [6.07, 6.45) is 0. The summed E-state index contributed by atoms with van der Waals surface area (Å²) in [5, 5.41) is 2.88. The van der Waals surface area contributed by atoms with Crippen LogP contribution in [-0.4, -0.2) is 25.6 Å². The highest BCUT2D eigenvalue weighted by molar-refractivity contribution is 5.77. The lowest BCUT2D eigenvalue weighted by atomic mass is 10.2. The number of nitrogens with one attached hydrogen (secondary N) is 1. The van der Waals surface area contributed by atoms with E-state index in [-0.39, 0.29) is 12.5 Å². The molecule has 0 saturated heterocycles. The fourth-order valence-electron chi connectivity index (χ4n) is 2.52. The van der Waals surface area contributed by atoms with E-state index in [2.05, 4.69) is 48.3 Å². The molecule has 2 aromatic carbocycles. The maximum Gasteiger partial charge on any atom is 0.258 e. The Balaban J connectivity index is 1.79. The summed E-state index contributed by atoms with van der Waals surface area (Å²) in [5.41, 5.74) is 3.40. The lowest BCUT2D eigenvalue weighted by Crippen LogP contribution is -2.28. The van der Waals surface area contributed by atoms with Gasteiger partial charge in [0.1, 0.15) is 5.75 Å². The molecule has 0 aliphatic rings. The van der Waals surface area contributed by atoms with Crippen molar-refractivity contribution in [3.05, 3.63) is 59.7 Å². The molecule has 0 spiro atoms. The zero-order valence-electron chi connectivity index (χ0n) is 14.7. The van der Waals surface area contributed by atoms with Crippen LogP contribution in [0.5, 0.6) is 5.75 Å². The molecule has 0 bridgehead atoms. The van der Waals surface area contributed by atoms with Crippen LogP contribution in [-0.2, 0) is 11.3 Å². The molecule has 2 rings (SSSR count). The number of aryl methyl sites for hydroxylation is 1. The van der Waals surface area contributed by atoms with Crippen molar-refractivity contribution < 1.29 is 9.53 Å². The van der Waals surface area contributed by atoms with Gasteiger partial charge >= 0.3 is 0 Å². The molecule has 1 N–H and O–H groups in total. The Morgan fingerprint density at radius 3 is 2.42 bits per heavy atom. The third-order valence-electron chi connectivity index (χ3n) is 3.91. The van der Waals surface area contributed by atoms with E-state index in [9.17, 15) is 4.79 Å². The van der Waals surface area contributed by atoms with Crippen molar-refractivity contribution >= 4 is 11.6 Å². The topological polar surface area (TPSA) is 41.6 Å². The average Bonchev–Trinajstić information content (AvgIpc) is 2.60. The van der Waals surface area contributed by atoms with Gasteiger partial charge in [-0.25, -0.2) is 0 Å². The molecular weight excluding hydrogens is 300 g/mol. The summed E-state index contributed by atoms with van der Waals surface area (Å²) < 4.78 is 5.50. The third-order valence-corrected chi connectivity index (χ3v) is 3.91. The summed E-state index contributed by atoms with van der Waals surface area (Å²) in [4.78, 5) is 14.2. The van der Waals surface area contributed by atoms with E-state index in [1.54, 1.807) is 0 Å². The Bertz CT molecular complexity index is 649. The van der Waals surface area contributed by atoms with Crippen molar-refractivity contribution in [2.45, 2.75) is 27.3 Å². The van der Waals surface area contributed by atoms with Gasteiger partial charge in [0.15, 0.2) is 6.61 Å². The lowest BCUT2D eigenvalue weighted by Gasteiger charge is -2.21. The highest BCUT2D eigenvalue weighted by Crippen LogP contribution is 2.15. The number of rotatable bonds is 8. The van der Waals surface area contributed by atoms with Gasteiger partial charge in [0.05, 0.1) is 0 Å². The molecule has 4 heteroatoms. The van der Waals surface area contributed by atoms with Crippen molar-refractivity contribution in [2.24, 2.45) is 0 Å². The SMILES string of the molecule is CCN(CC)c1ccc(CNC(=O)COc2cccc(C)c2)cc1. The van der Waals surface area contributed by atoms with Gasteiger partial charge in [-0.1, -0.05) is 24.3 Å². The van der Waals surface area contributed by atoms with E-state index in [0.717, 1.165) is 24.2 Å². The predicted octanol–water partition coefficient (Wildman–Crippen LogP) is 3.54. The second-order valence-electron chi connectivity index (χ2n) is 5.72. The fraction of sp³-hybridized carbons (Fsp3) is 0.350. The lowest BCUT2D eigenvalue weighted by molar-refractivity contribution is -0.123. The van der Waals surface area contributed by atoms with Gasteiger partial charge in [-0.15, -0.1) is 0 Å². The van der Waals surface area contributed by atoms with Gasteiger partial charge in [0.2, 0.25) is 0 Å². The third kappa shape index (κ3) is 5.30. The Morgan fingerprint density at radius 1 is 1.08 bits per heavy atom. The number of hydrogen-bond donors (Lipinski definition) is 1. The number of ether oxygens (including phenoxy) is 1. The Labute approximate surface area is 144 Å². The van der Waals surface area contributed by atoms with Gasteiger partial charge in [-0.05, 0) is 56.2 Å². The van der Waals surface area contributed by atoms with Crippen LogP contribution in [0, 0.1) is 6.92 Å². The molecule has 128 valence electrons. The van der Waals surface area contributed by atoms with Crippen LogP contribution in [0.2, 0.25) is 0 Å². The Hall–Kier alpha value is -2.49. The quantitative estimate of drug-likeness (QED) is 0.807. The first-order chi connectivity index (χ1) is 11.6. The van der Waals surface area contributed by atoms with Crippen LogP contribution >= 0.6 is 0 Å². The number of amides is 1. The van der Waals surface area contributed by atoms with Crippen LogP contribution in [0.4, 0.5) is 5.69 Å². The monoisotopic (exact) mass is 326 g/mol. The molecule has 0 saturated carbocycles. The largest absolute Gasteiger partial charge is 0.484 e. The first kappa shape index (κ1) is 17.9. The number of benzene rings is 2. The molecule has 1 amide bonds. The van der Waals surface area contributed by atoms with Gasteiger partial charge in [0.25, 0.3) is 5.91 Å². The molecule has 0 aliphatic carbocycles. The van der Waals surface area contributed by atoms with Gasteiger partial charge in [-0.3, -0.25) is 4.79 Å². The van der Waals surface area contributed by atoms with Crippen LogP contribution < -0.4 is 15.0 Å². The minimum absolute atomic E-state index is 0.0288. The Kier molecular flexibility index (Phi) is 6.67. The predicted molar refractivity (Wildman–Crippen MR) is 98.5 cm³/mol. The average molecular weight is 326 g/mol. The van der Waals surface area contributed by atoms with Crippen LogP contribution in [0.15, 0.2) is 48.5 Å². The fourth-order valence-corrected chi connectivity index (χ4v) is 2.52. The van der Waals surface area contributed by atoms with Crippen molar-refractivity contribution in [2.75, 3.05) is 24.6 Å². The zero-order valence-corrected chi connectivity index (χ0v) is 14.7. The summed E-state index contributed by atoms with van der Waals surface area (Å²) >= 11 is 0. The van der Waals surface area contributed by atoms with E-state index in [1.165, 1.54) is 5.69 Å². The molecular formula is C20H26N2O2. The summed E-state index contributed by atoms with van der Waals surface area (Å²) in [7, 11) is 0. The van der Waals surface area contributed by atoms with E-state index >= 15 is 0 Å². The molecule has 0 aromatic heterocycles. The smallest absolute Gasteiger partial charge is 0.258 e. The van der Waals surface area contributed by atoms with Crippen LogP contribution in [0.25, 0.3) is 0 Å². The maximum absolute atomic E-state index is 11.9.